The van der Waals surface area contributed by atoms with Gasteiger partial charge in [0.2, 0.25) is 5.52 Å². The summed E-state index contributed by atoms with van der Waals surface area (Å²) in [6.45, 7) is 0. The van der Waals surface area contributed by atoms with Crippen LogP contribution in [0, 0.1) is 15.6 Å². The second-order valence-corrected chi connectivity index (χ2v) is 10.2. The first-order valence-electron chi connectivity index (χ1n) is 14.2. The monoisotopic (exact) mass is 588 g/mol. The third kappa shape index (κ3) is 5.19. The Kier molecular flexibility index (Phi) is 7.09. The summed E-state index contributed by atoms with van der Waals surface area (Å²) in [7, 11) is 0. The van der Waals surface area contributed by atoms with E-state index in [1.807, 2.05) is 66.7 Å². The van der Waals surface area contributed by atoms with E-state index in [1.165, 1.54) is 18.6 Å². The zero-order chi connectivity index (χ0) is 30.8. The molecule has 0 radical (unpaired) electrons. The average molecular weight is 589 g/mol. The van der Waals surface area contributed by atoms with Gasteiger partial charge in [-0.2, -0.15) is 14.2 Å². The number of rotatable bonds is 0. The molecule has 45 heavy (non-hydrogen) atoms. The van der Waals surface area contributed by atoms with Gasteiger partial charge in [0.25, 0.3) is 11.0 Å². The van der Waals surface area contributed by atoms with Gasteiger partial charge in [-0.05, 0) is 54.6 Å². The Morgan fingerprint density at radius 2 is 0.644 bits per heavy atom. The Morgan fingerprint density at radius 3 is 1.09 bits per heavy atom. The van der Waals surface area contributed by atoms with E-state index in [2.05, 4.69) is 39.2 Å². The molecule has 9 nitrogen and oxygen atoms in total. The van der Waals surface area contributed by atoms with Crippen molar-refractivity contribution in [2.75, 3.05) is 0 Å². The molecule has 216 valence electrons. The van der Waals surface area contributed by atoms with Crippen molar-refractivity contribution in [3.05, 3.63) is 162 Å². The maximum Gasteiger partial charge on any atom is 0.297 e. The van der Waals surface area contributed by atoms with Gasteiger partial charge in [0, 0.05) is 52.9 Å². The highest BCUT2D eigenvalue weighted by Crippen LogP contribution is 2.22. The van der Waals surface area contributed by atoms with Gasteiger partial charge in [0.05, 0.1) is 27.2 Å². The first kappa shape index (κ1) is 27.4. The highest BCUT2D eigenvalue weighted by atomic mass is 16.5. The van der Waals surface area contributed by atoms with Gasteiger partial charge in [0.15, 0.2) is 18.6 Å². The van der Waals surface area contributed by atoms with Crippen LogP contribution in [0.5, 0.6) is 0 Å². The van der Waals surface area contributed by atoms with Crippen LogP contribution in [0.3, 0.4) is 0 Å². The van der Waals surface area contributed by atoms with E-state index >= 15 is 0 Å². The number of aromatic nitrogens is 6. The molecule has 0 saturated carbocycles. The van der Waals surface area contributed by atoms with Gasteiger partial charge in [0.1, 0.15) is 5.52 Å². The number of benzene rings is 3. The van der Waals surface area contributed by atoms with Gasteiger partial charge >= 0.3 is 0 Å². The number of nitrogens with zero attached hydrogens (tertiary/aromatic N) is 6. The van der Waals surface area contributed by atoms with Gasteiger partial charge in [-0.3, -0.25) is 9.97 Å². The molecule has 6 heterocycles. The zero-order valence-electron chi connectivity index (χ0n) is 23.8. The molecule has 0 saturated heterocycles. The van der Waals surface area contributed by atoms with Crippen molar-refractivity contribution >= 4 is 65.4 Å². The molecule has 9 aromatic rings. The van der Waals surface area contributed by atoms with Crippen LogP contribution >= 0.6 is 0 Å². The molecule has 0 amide bonds. The summed E-state index contributed by atoms with van der Waals surface area (Å²) < 4.78 is 2.32. The van der Waals surface area contributed by atoms with E-state index in [4.69, 9.17) is 0 Å². The summed E-state index contributed by atoms with van der Waals surface area (Å²) in [5.41, 5.74) is 4.17. The normalized spacial score (nSPS) is 10.9. The van der Waals surface area contributed by atoms with Crippen LogP contribution in [-0.4, -0.2) is 15.0 Å². The smallest absolute Gasteiger partial charge is 0.297 e. The third-order valence-electron chi connectivity index (χ3n) is 7.49. The Morgan fingerprint density at radius 1 is 0.333 bits per heavy atom. The summed E-state index contributed by atoms with van der Waals surface area (Å²) >= 11 is 0. The van der Waals surface area contributed by atoms with Crippen molar-refractivity contribution in [2.45, 2.75) is 0 Å². The summed E-state index contributed by atoms with van der Waals surface area (Å²) in [5, 5.41) is 40.8. The predicted octanol–water partition coefficient (Wildman–Crippen LogP) is 6.06. The fourth-order valence-electron chi connectivity index (χ4n) is 5.43. The Bertz CT molecular complexity index is 2390. The Balaban J connectivity index is 0.000000109. The molecule has 0 aliphatic heterocycles. The number of pyridine rings is 6. The highest BCUT2D eigenvalue weighted by Gasteiger charge is 2.15. The largest absolute Gasteiger partial charge is 0.618 e. The first-order valence-corrected chi connectivity index (χ1v) is 14.2. The molecular weight excluding hydrogens is 564 g/mol. The van der Waals surface area contributed by atoms with Crippen LogP contribution in [0.25, 0.3) is 65.4 Å². The first-order chi connectivity index (χ1) is 22.1. The van der Waals surface area contributed by atoms with Crippen LogP contribution in [0.1, 0.15) is 0 Å². The van der Waals surface area contributed by atoms with E-state index in [9.17, 15) is 15.6 Å². The van der Waals surface area contributed by atoms with Gasteiger partial charge in [-0.15, -0.1) is 0 Å². The molecule has 9 heteroatoms. The maximum absolute atomic E-state index is 11.7. The quantitative estimate of drug-likeness (QED) is 0.121. The van der Waals surface area contributed by atoms with Gasteiger partial charge in [-0.25, -0.2) is 4.98 Å². The molecule has 6 aromatic heterocycles. The third-order valence-corrected chi connectivity index (χ3v) is 7.49. The SMILES string of the molecule is [O-][n+]1cccc2ccc3ccc[n+]([O-])c3c21.[O-][n+]1cccc2ccc3cccnc3c21.c1cnc2c(c1)ccc1cccnc12. The predicted molar refractivity (Wildman–Crippen MR) is 175 cm³/mol. The molecule has 0 spiro atoms. The van der Waals surface area contributed by atoms with Crippen molar-refractivity contribution in [1.29, 1.82) is 0 Å². The van der Waals surface area contributed by atoms with E-state index < -0.39 is 0 Å². The van der Waals surface area contributed by atoms with Gasteiger partial charge < -0.3 is 15.6 Å². The maximum atomic E-state index is 11.7. The summed E-state index contributed by atoms with van der Waals surface area (Å²) in [4.78, 5) is 12.9. The molecule has 0 atom stereocenters. The van der Waals surface area contributed by atoms with Crippen molar-refractivity contribution in [3.8, 4) is 0 Å². The molecule has 9 rings (SSSR count). The van der Waals surface area contributed by atoms with E-state index in [-0.39, 0.29) is 0 Å². The zero-order valence-corrected chi connectivity index (χ0v) is 23.8. The minimum Gasteiger partial charge on any atom is -0.618 e. The van der Waals surface area contributed by atoms with Crippen molar-refractivity contribution < 1.29 is 14.2 Å². The molecule has 3 aromatic carbocycles. The number of hydrogen-bond donors (Lipinski definition) is 0. The minimum absolute atomic E-state index is 0.413. The van der Waals surface area contributed by atoms with E-state index in [0.717, 1.165) is 63.1 Å². The van der Waals surface area contributed by atoms with Gasteiger partial charge in [-0.1, -0.05) is 36.4 Å². The summed E-state index contributed by atoms with van der Waals surface area (Å²) in [5.74, 6) is 0. The molecule has 0 fully saturated rings. The molecule has 0 aliphatic rings. The van der Waals surface area contributed by atoms with Crippen molar-refractivity contribution in [1.82, 2.24) is 15.0 Å². The lowest BCUT2D eigenvalue weighted by Gasteiger charge is -2.04. The Labute approximate surface area is 256 Å². The fourth-order valence-corrected chi connectivity index (χ4v) is 5.43. The lowest BCUT2D eigenvalue weighted by molar-refractivity contribution is -0.597. The molecule has 0 N–H and O–H groups in total. The fraction of sp³-hybridized carbons (Fsp3) is 0. The minimum atomic E-state index is 0.413. The van der Waals surface area contributed by atoms with Crippen LogP contribution in [-0.2, 0) is 0 Å². The topological polar surface area (TPSA) is 119 Å². The molecular formula is C36H24N6O3. The lowest BCUT2D eigenvalue weighted by atomic mass is 10.1. The highest BCUT2D eigenvalue weighted by molar-refractivity contribution is 6.02. The number of fused-ring (bicyclic) bond motifs is 9. The summed E-state index contributed by atoms with van der Waals surface area (Å²) in [6, 6.07) is 34.2. The van der Waals surface area contributed by atoms with E-state index in [0.29, 0.717) is 16.6 Å². The Hall–Kier alpha value is -6.48. The molecule has 0 aliphatic carbocycles. The van der Waals surface area contributed by atoms with E-state index in [1.54, 1.807) is 36.8 Å². The van der Waals surface area contributed by atoms with Crippen LogP contribution in [0.4, 0.5) is 0 Å². The second kappa shape index (κ2) is 11.7. The summed E-state index contributed by atoms with van der Waals surface area (Å²) in [6.07, 6.45) is 9.60. The number of hydrogen-bond acceptors (Lipinski definition) is 6. The van der Waals surface area contributed by atoms with Crippen LogP contribution < -0.4 is 14.2 Å². The van der Waals surface area contributed by atoms with Crippen LogP contribution in [0.15, 0.2) is 146 Å². The molecule has 0 bridgehead atoms. The standard InChI is InChI=1S/C12H8N2O2.C12H8N2O.C12H8N2/c15-13-7-1-3-9-5-6-10-4-2-8-14(16)12(10)11(9)13;15-14-8-2-4-10-6-5-9-3-1-7-13-11(9)12(10)14;1-3-9-5-6-10-4-2-8-14-12(10)11(9)13-7-1/h1-8H;1-8H;1-8H. The van der Waals surface area contributed by atoms with Crippen molar-refractivity contribution in [2.24, 2.45) is 0 Å². The lowest BCUT2D eigenvalue weighted by Crippen LogP contribution is -2.32. The second-order valence-electron chi connectivity index (χ2n) is 10.2. The molecule has 0 unspecified atom stereocenters. The average Bonchev–Trinajstić information content (AvgIpc) is 3.09. The van der Waals surface area contributed by atoms with Crippen molar-refractivity contribution in [3.63, 3.8) is 0 Å². The van der Waals surface area contributed by atoms with Crippen LogP contribution in [0.2, 0.25) is 0 Å².